The van der Waals surface area contributed by atoms with Crippen molar-refractivity contribution in [2.24, 2.45) is 0 Å². The molecular weight excluding hydrogens is 440 g/mol. The van der Waals surface area contributed by atoms with E-state index in [0.717, 1.165) is 12.3 Å². The van der Waals surface area contributed by atoms with Gasteiger partial charge in [-0.1, -0.05) is 6.08 Å². The molecule has 166 valence electrons. The van der Waals surface area contributed by atoms with Crippen LogP contribution in [0.15, 0.2) is 54.5 Å². The van der Waals surface area contributed by atoms with Crippen LogP contribution in [0.2, 0.25) is 0 Å². The molecule has 0 bridgehead atoms. The molecule has 1 aliphatic heterocycles. The van der Waals surface area contributed by atoms with Gasteiger partial charge in [0, 0.05) is 24.0 Å². The smallest absolute Gasteiger partial charge is 0.431 e. The van der Waals surface area contributed by atoms with Crippen molar-refractivity contribution < 1.29 is 30.7 Å². The summed E-state index contributed by atoms with van der Waals surface area (Å²) in [5.74, 6) is -1.02. The second kappa shape index (κ2) is 8.53. The van der Waals surface area contributed by atoms with Crippen LogP contribution in [0, 0.1) is 5.82 Å². The molecule has 0 radical (unpaired) electrons. The van der Waals surface area contributed by atoms with Crippen molar-refractivity contribution >= 4 is 15.7 Å². The predicted molar refractivity (Wildman–Crippen MR) is 106 cm³/mol. The summed E-state index contributed by atoms with van der Waals surface area (Å²) in [6, 6.07) is 5.27. The predicted octanol–water partition coefficient (Wildman–Crippen LogP) is 3.35. The van der Waals surface area contributed by atoms with Gasteiger partial charge in [0.1, 0.15) is 41.5 Å². The zero-order chi connectivity index (χ0) is 22.8. The molecule has 1 unspecified atom stereocenters. The lowest BCUT2D eigenvalue weighted by atomic mass is 10.1. The van der Waals surface area contributed by atoms with Gasteiger partial charge in [0.15, 0.2) is 9.84 Å². The average Bonchev–Trinajstić information content (AvgIpc) is 2.67. The van der Waals surface area contributed by atoms with Gasteiger partial charge in [0.25, 0.3) is 0 Å². The van der Waals surface area contributed by atoms with E-state index in [4.69, 9.17) is 4.74 Å². The third-order valence-electron chi connectivity index (χ3n) is 4.26. The Bertz CT molecular complexity index is 1130. The molecule has 0 saturated carbocycles. The molecule has 1 atom stereocenters. The van der Waals surface area contributed by atoms with Gasteiger partial charge >= 0.3 is 6.18 Å². The Labute approximate surface area is 176 Å². The first-order valence-corrected chi connectivity index (χ1v) is 10.9. The second-order valence-electron chi connectivity index (χ2n) is 6.68. The summed E-state index contributed by atoms with van der Waals surface area (Å²) in [4.78, 5) is 8.79. The van der Waals surface area contributed by atoms with Crippen molar-refractivity contribution in [2.75, 3.05) is 24.6 Å². The molecule has 0 spiro atoms. The summed E-state index contributed by atoms with van der Waals surface area (Å²) in [5, 5.41) is 2.78. The molecular formula is C19H18F4N4O3S. The van der Waals surface area contributed by atoms with Gasteiger partial charge < -0.3 is 15.0 Å². The number of hydrogen-bond acceptors (Lipinski definition) is 7. The number of halogens is 4. The number of nitrogens with one attached hydrogen (secondary N) is 1. The lowest BCUT2D eigenvalue weighted by molar-refractivity contribution is -0.111. The first-order valence-electron chi connectivity index (χ1n) is 8.80. The maximum Gasteiger partial charge on any atom is 0.431 e. The minimum absolute atomic E-state index is 0.132. The molecule has 7 nitrogen and oxygen atoms in total. The third kappa shape index (κ3) is 5.51. The highest BCUT2D eigenvalue weighted by molar-refractivity contribution is 7.90. The van der Waals surface area contributed by atoms with E-state index in [9.17, 15) is 26.0 Å². The van der Waals surface area contributed by atoms with Crippen molar-refractivity contribution in [1.29, 1.82) is 0 Å². The van der Waals surface area contributed by atoms with E-state index < -0.39 is 39.6 Å². The van der Waals surface area contributed by atoms with Gasteiger partial charge in [0.05, 0.1) is 12.8 Å². The number of nitrogens with zero attached hydrogens (tertiary/aromatic N) is 3. The Hall–Kier alpha value is -3.15. The van der Waals surface area contributed by atoms with Gasteiger partial charge in [-0.2, -0.15) is 13.2 Å². The van der Waals surface area contributed by atoms with Crippen LogP contribution in [0.1, 0.15) is 0 Å². The highest BCUT2D eigenvalue weighted by Crippen LogP contribution is 2.34. The maximum absolute atomic E-state index is 13.5. The summed E-state index contributed by atoms with van der Waals surface area (Å²) in [6.07, 6.45) is -0.514. The Kier molecular flexibility index (Phi) is 6.20. The van der Waals surface area contributed by atoms with Gasteiger partial charge in [-0.3, -0.25) is 0 Å². The molecule has 1 N–H and O–H groups in total. The first kappa shape index (κ1) is 22.5. The van der Waals surface area contributed by atoms with Crippen molar-refractivity contribution in [2.45, 2.75) is 12.3 Å². The van der Waals surface area contributed by atoms with Crippen LogP contribution in [0.5, 0.6) is 5.75 Å². The number of anilines is 1. The minimum atomic E-state index is -4.76. The number of allylic oxidation sites excluding steroid dienone is 3. The number of methoxy groups -OCH3 is 1. The topological polar surface area (TPSA) is 84.4 Å². The van der Waals surface area contributed by atoms with Crippen LogP contribution in [0.3, 0.4) is 0 Å². The monoisotopic (exact) mass is 458 g/mol. The second-order valence-corrected chi connectivity index (χ2v) is 8.79. The third-order valence-corrected chi connectivity index (χ3v) is 5.01. The van der Waals surface area contributed by atoms with Crippen LogP contribution in [-0.4, -0.2) is 54.9 Å². The molecule has 31 heavy (non-hydrogen) atoms. The summed E-state index contributed by atoms with van der Waals surface area (Å²) in [5.41, 5.74) is -0.333. The Balaban J connectivity index is 1.94. The van der Waals surface area contributed by atoms with Crippen molar-refractivity contribution in [3.8, 4) is 17.0 Å². The molecule has 0 fully saturated rings. The standard InChI is InChI=1S/C19H18F4N4O3S/c1-30-15-8-12(20)6-7-13(15)14-9-17(25-10-24-14)26-18-5-3-4-16(19(21,22)23)27(18)11-31(2,28)29/h3-10,18H,11H2,1-2H3,(H,24,25,26). The molecule has 2 aromatic rings. The van der Waals surface area contributed by atoms with E-state index in [1.165, 1.54) is 49.9 Å². The van der Waals surface area contributed by atoms with E-state index >= 15 is 0 Å². The van der Waals surface area contributed by atoms with Crippen molar-refractivity contribution in [3.63, 3.8) is 0 Å². The van der Waals surface area contributed by atoms with E-state index in [1.807, 2.05) is 0 Å². The largest absolute Gasteiger partial charge is 0.496 e. The number of ether oxygens (including phenoxy) is 1. The lowest BCUT2D eigenvalue weighted by Crippen LogP contribution is -2.46. The van der Waals surface area contributed by atoms with Crippen LogP contribution < -0.4 is 10.1 Å². The number of alkyl halides is 3. The van der Waals surface area contributed by atoms with Crippen LogP contribution in [-0.2, 0) is 9.84 Å². The zero-order valence-electron chi connectivity index (χ0n) is 16.4. The Morgan fingerprint density at radius 1 is 1.23 bits per heavy atom. The summed E-state index contributed by atoms with van der Waals surface area (Å²) < 4.78 is 82.4. The lowest BCUT2D eigenvalue weighted by Gasteiger charge is -2.36. The van der Waals surface area contributed by atoms with E-state index in [0.29, 0.717) is 16.2 Å². The fraction of sp³-hybridized carbons (Fsp3) is 0.263. The molecule has 0 aliphatic carbocycles. The van der Waals surface area contributed by atoms with Gasteiger partial charge in [0.2, 0.25) is 0 Å². The molecule has 1 aromatic carbocycles. The summed E-state index contributed by atoms with van der Waals surface area (Å²) in [6.45, 7) is 0. The number of sulfone groups is 1. The highest BCUT2D eigenvalue weighted by atomic mass is 32.2. The van der Waals surface area contributed by atoms with Gasteiger partial charge in [-0.05, 0) is 24.3 Å². The molecule has 3 rings (SSSR count). The van der Waals surface area contributed by atoms with Crippen LogP contribution in [0.4, 0.5) is 23.4 Å². The number of aromatic nitrogens is 2. The molecule has 0 saturated heterocycles. The fourth-order valence-corrected chi connectivity index (χ4v) is 3.80. The highest BCUT2D eigenvalue weighted by Gasteiger charge is 2.41. The van der Waals surface area contributed by atoms with Crippen LogP contribution >= 0.6 is 0 Å². The molecule has 0 amide bonds. The number of hydrogen-bond donors (Lipinski definition) is 1. The normalized spacial score (nSPS) is 16.8. The minimum Gasteiger partial charge on any atom is -0.496 e. The summed E-state index contributed by atoms with van der Waals surface area (Å²) >= 11 is 0. The molecule has 2 heterocycles. The van der Waals surface area contributed by atoms with E-state index in [2.05, 4.69) is 15.3 Å². The van der Waals surface area contributed by atoms with Crippen molar-refractivity contribution in [3.05, 3.63) is 60.3 Å². The Morgan fingerprint density at radius 2 is 1.97 bits per heavy atom. The van der Waals surface area contributed by atoms with Crippen LogP contribution in [0.25, 0.3) is 11.3 Å². The van der Waals surface area contributed by atoms with Gasteiger partial charge in [-0.25, -0.2) is 22.8 Å². The average molecular weight is 458 g/mol. The van der Waals surface area contributed by atoms with Crippen molar-refractivity contribution in [1.82, 2.24) is 14.9 Å². The number of rotatable bonds is 6. The zero-order valence-corrected chi connectivity index (χ0v) is 17.2. The fourth-order valence-electron chi connectivity index (χ4n) is 3.00. The first-order chi connectivity index (χ1) is 14.5. The number of benzene rings is 1. The Morgan fingerprint density at radius 3 is 2.61 bits per heavy atom. The van der Waals surface area contributed by atoms with E-state index in [-0.39, 0.29) is 11.6 Å². The molecule has 1 aliphatic rings. The quantitative estimate of drug-likeness (QED) is 0.665. The summed E-state index contributed by atoms with van der Waals surface area (Å²) in [7, 11) is -2.42. The van der Waals surface area contributed by atoms with E-state index in [1.54, 1.807) is 0 Å². The molecule has 1 aromatic heterocycles. The molecule has 12 heteroatoms. The SMILES string of the molecule is COc1cc(F)ccc1-c1cc(NC2C=CC=C(C(F)(F)F)N2CS(C)(=O)=O)ncn1. The maximum atomic E-state index is 13.5. The van der Waals surface area contributed by atoms with Gasteiger partial charge in [-0.15, -0.1) is 0 Å².